The van der Waals surface area contributed by atoms with E-state index in [0.29, 0.717) is 11.5 Å². The Morgan fingerprint density at radius 1 is 1.06 bits per heavy atom. The number of rotatable bonds is 7. The summed E-state index contributed by atoms with van der Waals surface area (Å²) in [5.41, 5.74) is 2.39. The van der Waals surface area contributed by atoms with E-state index in [4.69, 9.17) is 9.15 Å². The number of ether oxygens (including phenoxy) is 1. The number of hydrogen-bond acceptors (Lipinski definition) is 4. The van der Waals surface area contributed by atoms with Crippen molar-refractivity contribution in [3.05, 3.63) is 101 Å². The Labute approximate surface area is 183 Å². The number of carbonyl (C=O) groups excluding carboxylic acids is 1. The third-order valence-electron chi connectivity index (χ3n) is 5.01. The molecule has 0 aliphatic rings. The quantitative estimate of drug-likeness (QED) is 0.436. The second-order valence-corrected chi connectivity index (χ2v) is 7.28. The van der Waals surface area contributed by atoms with Crippen LogP contribution in [0.3, 0.4) is 0 Å². The number of hydrogen-bond donors (Lipinski definition) is 1. The smallest absolute Gasteiger partial charge is 0.287 e. The summed E-state index contributed by atoms with van der Waals surface area (Å²) in [4.78, 5) is 12.6. The van der Waals surface area contributed by atoms with Crippen LogP contribution in [0.4, 0.5) is 8.78 Å². The summed E-state index contributed by atoms with van der Waals surface area (Å²) >= 11 is 0. The van der Waals surface area contributed by atoms with E-state index in [-0.39, 0.29) is 36.0 Å². The standard InChI is InChI=1S/C24H21F2N3O3/c1-15(22-13-27-29(16(22)2)19-7-3-17(25)4-8-19)28-24(30)23-12-11-21(32-23)14-31-20-9-5-18(26)6-10-20/h3-13,15H,14H2,1-2H3,(H,28,30). The minimum absolute atomic E-state index is 0.109. The largest absolute Gasteiger partial charge is 0.486 e. The summed E-state index contributed by atoms with van der Waals surface area (Å²) < 4.78 is 38.9. The highest BCUT2D eigenvalue weighted by atomic mass is 19.1. The molecule has 1 N–H and O–H groups in total. The molecule has 0 bridgehead atoms. The van der Waals surface area contributed by atoms with Crippen LogP contribution in [0.25, 0.3) is 5.69 Å². The number of nitrogens with one attached hydrogen (secondary N) is 1. The molecule has 0 saturated carbocycles. The molecule has 2 aromatic heterocycles. The van der Waals surface area contributed by atoms with Crippen LogP contribution in [0.15, 0.2) is 71.3 Å². The van der Waals surface area contributed by atoms with Crippen molar-refractivity contribution in [3.63, 3.8) is 0 Å². The number of carbonyl (C=O) groups is 1. The zero-order chi connectivity index (χ0) is 22.7. The molecule has 0 spiro atoms. The summed E-state index contributed by atoms with van der Waals surface area (Å²) in [5, 5.41) is 7.25. The van der Waals surface area contributed by atoms with Crippen molar-refractivity contribution >= 4 is 5.91 Å². The van der Waals surface area contributed by atoms with Gasteiger partial charge in [-0.2, -0.15) is 5.10 Å². The summed E-state index contributed by atoms with van der Waals surface area (Å²) in [6.45, 7) is 3.84. The van der Waals surface area contributed by atoms with E-state index in [1.165, 1.54) is 36.4 Å². The van der Waals surface area contributed by atoms with Gasteiger partial charge < -0.3 is 14.5 Å². The highest BCUT2D eigenvalue weighted by molar-refractivity contribution is 5.91. The molecular formula is C24H21F2N3O3. The van der Waals surface area contributed by atoms with Gasteiger partial charge in [-0.1, -0.05) is 0 Å². The topological polar surface area (TPSA) is 69.3 Å². The molecule has 2 aromatic carbocycles. The molecule has 1 atom stereocenters. The average Bonchev–Trinajstić information content (AvgIpc) is 3.41. The molecule has 164 valence electrons. The lowest BCUT2D eigenvalue weighted by Crippen LogP contribution is -2.26. The van der Waals surface area contributed by atoms with Gasteiger partial charge in [0.15, 0.2) is 5.76 Å². The number of halogens is 2. The molecule has 0 aliphatic carbocycles. The van der Waals surface area contributed by atoms with Crippen LogP contribution in [-0.2, 0) is 6.61 Å². The second kappa shape index (κ2) is 9.05. The SMILES string of the molecule is Cc1c(C(C)NC(=O)c2ccc(COc3ccc(F)cc3)o2)cnn1-c1ccc(F)cc1. The normalized spacial score (nSPS) is 11.9. The molecule has 32 heavy (non-hydrogen) atoms. The lowest BCUT2D eigenvalue weighted by molar-refractivity contribution is 0.0907. The highest BCUT2D eigenvalue weighted by Gasteiger charge is 2.19. The Morgan fingerprint density at radius 3 is 2.41 bits per heavy atom. The van der Waals surface area contributed by atoms with Crippen molar-refractivity contribution in [3.8, 4) is 11.4 Å². The molecule has 1 amide bonds. The molecule has 1 unspecified atom stereocenters. The summed E-state index contributed by atoms with van der Waals surface area (Å²) in [7, 11) is 0. The molecule has 0 radical (unpaired) electrons. The molecule has 0 aliphatic heterocycles. The minimum Gasteiger partial charge on any atom is -0.486 e. The monoisotopic (exact) mass is 437 g/mol. The van der Waals surface area contributed by atoms with Gasteiger partial charge in [-0.25, -0.2) is 13.5 Å². The van der Waals surface area contributed by atoms with Gasteiger partial charge >= 0.3 is 0 Å². The predicted molar refractivity (Wildman–Crippen MR) is 114 cm³/mol. The third kappa shape index (κ3) is 4.69. The average molecular weight is 437 g/mol. The summed E-state index contributed by atoms with van der Waals surface area (Å²) in [6.07, 6.45) is 1.67. The van der Waals surface area contributed by atoms with Crippen LogP contribution in [-0.4, -0.2) is 15.7 Å². The summed E-state index contributed by atoms with van der Waals surface area (Å²) in [6, 6.07) is 14.6. The Bertz CT molecular complexity index is 1210. The maximum Gasteiger partial charge on any atom is 0.287 e. The number of benzene rings is 2. The van der Waals surface area contributed by atoms with E-state index < -0.39 is 0 Å². The van der Waals surface area contributed by atoms with Crippen LogP contribution >= 0.6 is 0 Å². The molecule has 2 heterocycles. The van der Waals surface area contributed by atoms with E-state index in [2.05, 4.69) is 10.4 Å². The minimum atomic E-state index is -0.375. The van der Waals surface area contributed by atoms with Gasteiger partial charge in [-0.3, -0.25) is 4.79 Å². The van der Waals surface area contributed by atoms with E-state index in [1.807, 2.05) is 13.8 Å². The van der Waals surface area contributed by atoms with Crippen molar-refractivity contribution in [2.45, 2.75) is 26.5 Å². The maximum atomic E-state index is 13.2. The molecule has 8 heteroatoms. The molecule has 0 saturated heterocycles. The first-order valence-corrected chi connectivity index (χ1v) is 9.99. The molecule has 0 fully saturated rings. The van der Waals surface area contributed by atoms with Crippen LogP contribution in [0.5, 0.6) is 5.75 Å². The Balaban J connectivity index is 1.39. The van der Waals surface area contributed by atoms with Crippen molar-refractivity contribution in [1.82, 2.24) is 15.1 Å². The van der Waals surface area contributed by atoms with Crippen LogP contribution < -0.4 is 10.1 Å². The fourth-order valence-electron chi connectivity index (χ4n) is 3.30. The van der Waals surface area contributed by atoms with Gasteiger partial charge in [0, 0.05) is 11.3 Å². The highest BCUT2D eigenvalue weighted by Crippen LogP contribution is 2.21. The van der Waals surface area contributed by atoms with Crippen molar-refractivity contribution < 1.29 is 22.7 Å². The van der Waals surface area contributed by atoms with Gasteiger partial charge in [-0.15, -0.1) is 0 Å². The van der Waals surface area contributed by atoms with E-state index in [1.54, 1.807) is 35.1 Å². The van der Waals surface area contributed by atoms with E-state index in [0.717, 1.165) is 16.9 Å². The Kier molecular flexibility index (Phi) is 6.02. The predicted octanol–water partition coefficient (Wildman–Crippen LogP) is 5.12. The van der Waals surface area contributed by atoms with Crippen molar-refractivity contribution in [2.24, 2.45) is 0 Å². The number of nitrogens with zero attached hydrogens (tertiary/aromatic N) is 2. The number of aromatic nitrogens is 2. The third-order valence-corrected chi connectivity index (χ3v) is 5.01. The first kappa shape index (κ1) is 21.3. The van der Waals surface area contributed by atoms with Gasteiger partial charge in [0.25, 0.3) is 5.91 Å². The summed E-state index contributed by atoms with van der Waals surface area (Å²) in [5.74, 6) is 0.0725. The van der Waals surface area contributed by atoms with Gasteiger partial charge in [0.05, 0.1) is 17.9 Å². The fourth-order valence-corrected chi connectivity index (χ4v) is 3.30. The molecular weight excluding hydrogens is 416 g/mol. The molecule has 6 nitrogen and oxygen atoms in total. The Hall–Kier alpha value is -3.94. The van der Waals surface area contributed by atoms with Crippen molar-refractivity contribution in [1.29, 1.82) is 0 Å². The number of furan rings is 1. The van der Waals surface area contributed by atoms with E-state index in [9.17, 15) is 13.6 Å². The fraction of sp³-hybridized carbons (Fsp3) is 0.167. The van der Waals surface area contributed by atoms with Gasteiger partial charge in [-0.05, 0) is 74.5 Å². The van der Waals surface area contributed by atoms with E-state index >= 15 is 0 Å². The van der Waals surface area contributed by atoms with Crippen LogP contribution in [0.1, 0.15) is 40.5 Å². The lowest BCUT2D eigenvalue weighted by Gasteiger charge is -2.13. The van der Waals surface area contributed by atoms with Gasteiger partial charge in [0.1, 0.15) is 29.8 Å². The molecule has 4 rings (SSSR count). The maximum absolute atomic E-state index is 13.2. The first-order chi connectivity index (χ1) is 15.4. The zero-order valence-electron chi connectivity index (χ0n) is 17.5. The number of amides is 1. The molecule has 4 aromatic rings. The lowest BCUT2D eigenvalue weighted by atomic mass is 10.1. The van der Waals surface area contributed by atoms with Gasteiger partial charge in [0.2, 0.25) is 0 Å². The van der Waals surface area contributed by atoms with Crippen molar-refractivity contribution in [2.75, 3.05) is 0 Å². The van der Waals surface area contributed by atoms with Crippen LogP contribution in [0, 0.1) is 18.6 Å². The first-order valence-electron chi connectivity index (χ1n) is 9.99. The Morgan fingerprint density at radius 2 is 1.72 bits per heavy atom. The van der Waals surface area contributed by atoms with Crippen LogP contribution in [0.2, 0.25) is 0 Å². The zero-order valence-corrected chi connectivity index (χ0v) is 17.5. The second-order valence-electron chi connectivity index (χ2n) is 7.28.